The van der Waals surface area contributed by atoms with E-state index in [0.717, 1.165) is 55.1 Å². The Hall–Kier alpha value is -2.54. The molecule has 1 aliphatic carbocycles. The van der Waals surface area contributed by atoms with Crippen molar-refractivity contribution in [2.24, 2.45) is 0 Å². The molecule has 2 N–H and O–H groups in total. The van der Waals surface area contributed by atoms with Crippen molar-refractivity contribution in [1.29, 1.82) is 0 Å². The number of carbonyl (C=O) groups is 1. The Kier molecular flexibility index (Phi) is 8.97. The standard InChI is InChI=1S/C24H35N3O2.CH2O2/c1-4-17(2)25-24-19-10-7-9-18(19)20-15-22(28-3)23(16-21(20)26-24)29-14-8-13-27-11-5-6-12-27;2-1-3/h15-17H,4-14H2,1-3H3,(H,25,26);1H,(H,2,3). The number of anilines is 1. The average Bonchev–Trinajstić information content (AvgIpc) is 3.49. The number of nitrogens with one attached hydrogen (secondary N) is 1. The van der Waals surface area contributed by atoms with E-state index in [-0.39, 0.29) is 6.47 Å². The number of carboxylic acid groups (broad SMARTS) is 1. The van der Waals surface area contributed by atoms with Crippen LogP contribution < -0.4 is 14.8 Å². The molecule has 7 heteroatoms. The van der Waals surface area contributed by atoms with Gasteiger partial charge in [0.05, 0.1) is 19.2 Å². The fourth-order valence-corrected chi connectivity index (χ4v) is 4.58. The number of pyridine rings is 1. The predicted octanol–water partition coefficient (Wildman–Crippen LogP) is 4.51. The molecule has 1 aliphatic heterocycles. The summed E-state index contributed by atoms with van der Waals surface area (Å²) in [4.78, 5) is 15.9. The van der Waals surface area contributed by atoms with Gasteiger partial charge in [0, 0.05) is 24.0 Å². The molecule has 0 saturated carbocycles. The fourth-order valence-electron chi connectivity index (χ4n) is 4.58. The van der Waals surface area contributed by atoms with Gasteiger partial charge < -0.3 is 24.8 Å². The molecule has 176 valence electrons. The summed E-state index contributed by atoms with van der Waals surface area (Å²) in [5.41, 5.74) is 3.82. The first-order valence-electron chi connectivity index (χ1n) is 11.8. The van der Waals surface area contributed by atoms with Crippen LogP contribution in [0.5, 0.6) is 11.5 Å². The molecule has 2 aromatic rings. The first-order chi connectivity index (χ1) is 15.6. The summed E-state index contributed by atoms with van der Waals surface area (Å²) in [5.74, 6) is 2.68. The minimum absolute atomic E-state index is 0.250. The summed E-state index contributed by atoms with van der Waals surface area (Å²) in [6, 6.07) is 4.63. The molecule has 1 atom stereocenters. The van der Waals surface area contributed by atoms with Gasteiger partial charge in [-0.25, -0.2) is 4.98 Å². The van der Waals surface area contributed by atoms with E-state index in [2.05, 4.69) is 36.2 Å². The molecule has 1 aromatic carbocycles. The third-order valence-corrected chi connectivity index (χ3v) is 6.41. The van der Waals surface area contributed by atoms with Crippen LogP contribution in [0.1, 0.15) is 57.1 Å². The number of aryl methyl sites for hydroxylation is 1. The van der Waals surface area contributed by atoms with E-state index in [1.54, 1.807) is 7.11 Å². The van der Waals surface area contributed by atoms with E-state index in [1.165, 1.54) is 48.9 Å². The molecule has 1 aromatic heterocycles. The number of hydrogen-bond donors (Lipinski definition) is 2. The van der Waals surface area contributed by atoms with Gasteiger partial charge in [-0.15, -0.1) is 0 Å². The van der Waals surface area contributed by atoms with E-state index in [4.69, 9.17) is 24.4 Å². The Labute approximate surface area is 191 Å². The molecule has 4 rings (SSSR count). The third-order valence-electron chi connectivity index (χ3n) is 6.41. The lowest BCUT2D eigenvalue weighted by Crippen LogP contribution is -2.21. The molecular formula is C25H37N3O4. The molecule has 1 saturated heterocycles. The van der Waals surface area contributed by atoms with Gasteiger partial charge in [0.25, 0.3) is 6.47 Å². The number of aromatic nitrogens is 1. The maximum Gasteiger partial charge on any atom is 0.290 e. The predicted molar refractivity (Wildman–Crippen MR) is 128 cm³/mol. The number of fused-ring (bicyclic) bond motifs is 3. The van der Waals surface area contributed by atoms with Crippen LogP contribution in [0.3, 0.4) is 0 Å². The van der Waals surface area contributed by atoms with Gasteiger partial charge in [-0.2, -0.15) is 0 Å². The number of benzene rings is 1. The number of rotatable bonds is 9. The van der Waals surface area contributed by atoms with Crippen molar-refractivity contribution in [2.75, 3.05) is 38.7 Å². The van der Waals surface area contributed by atoms with Crippen LogP contribution in [-0.4, -0.2) is 60.9 Å². The number of methoxy groups -OCH3 is 1. The van der Waals surface area contributed by atoms with Gasteiger partial charge in [0.2, 0.25) is 0 Å². The molecule has 1 fully saturated rings. The molecular weight excluding hydrogens is 406 g/mol. The molecule has 2 aliphatic rings. The van der Waals surface area contributed by atoms with Gasteiger partial charge in [0.1, 0.15) is 5.82 Å². The van der Waals surface area contributed by atoms with Crippen LogP contribution >= 0.6 is 0 Å². The quantitative estimate of drug-likeness (QED) is 0.436. The topological polar surface area (TPSA) is 83.9 Å². The highest BCUT2D eigenvalue weighted by Gasteiger charge is 2.22. The summed E-state index contributed by atoms with van der Waals surface area (Å²) < 4.78 is 11.8. The van der Waals surface area contributed by atoms with Crippen molar-refractivity contribution in [1.82, 2.24) is 9.88 Å². The van der Waals surface area contributed by atoms with E-state index >= 15 is 0 Å². The summed E-state index contributed by atoms with van der Waals surface area (Å²) >= 11 is 0. The molecule has 0 amide bonds. The summed E-state index contributed by atoms with van der Waals surface area (Å²) in [6.45, 7) is 8.47. The molecule has 32 heavy (non-hydrogen) atoms. The first-order valence-corrected chi connectivity index (χ1v) is 11.8. The van der Waals surface area contributed by atoms with Crippen LogP contribution in [0.4, 0.5) is 5.82 Å². The van der Waals surface area contributed by atoms with Gasteiger partial charge in [-0.1, -0.05) is 6.92 Å². The van der Waals surface area contributed by atoms with Crippen molar-refractivity contribution in [3.63, 3.8) is 0 Å². The van der Waals surface area contributed by atoms with Crippen molar-refractivity contribution >= 4 is 23.2 Å². The molecule has 2 heterocycles. The van der Waals surface area contributed by atoms with Crippen LogP contribution in [-0.2, 0) is 17.6 Å². The first kappa shape index (κ1) is 24.1. The van der Waals surface area contributed by atoms with E-state index in [9.17, 15) is 0 Å². The fraction of sp³-hybridized carbons (Fsp3) is 0.600. The largest absolute Gasteiger partial charge is 0.493 e. The highest BCUT2D eigenvalue weighted by atomic mass is 16.5. The lowest BCUT2D eigenvalue weighted by molar-refractivity contribution is -0.122. The zero-order chi connectivity index (χ0) is 22.9. The maximum absolute atomic E-state index is 8.36. The van der Waals surface area contributed by atoms with Crippen molar-refractivity contribution < 1.29 is 19.4 Å². The highest BCUT2D eigenvalue weighted by Crippen LogP contribution is 2.39. The molecule has 7 nitrogen and oxygen atoms in total. The second-order valence-corrected chi connectivity index (χ2v) is 8.60. The molecule has 0 radical (unpaired) electrons. The normalized spacial score (nSPS) is 16.2. The van der Waals surface area contributed by atoms with Crippen LogP contribution in [0.25, 0.3) is 10.9 Å². The van der Waals surface area contributed by atoms with Gasteiger partial charge in [-0.3, -0.25) is 4.79 Å². The Morgan fingerprint density at radius 3 is 2.59 bits per heavy atom. The van der Waals surface area contributed by atoms with Crippen LogP contribution in [0.15, 0.2) is 12.1 Å². The van der Waals surface area contributed by atoms with Crippen LogP contribution in [0.2, 0.25) is 0 Å². The van der Waals surface area contributed by atoms with Gasteiger partial charge >= 0.3 is 0 Å². The summed E-state index contributed by atoms with van der Waals surface area (Å²) in [6.07, 6.45) is 8.21. The monoisotopic (exact) mass is 443 g/mol. The highest BCUT2D eigenvalue weighted by molar-refractivity contribution is 5.89. The molecule has 0 bridgehead atoms. The molecule has 1 unspecified atom stereocenters. The second-order valence-electron chi connectivity index (χ2n) is 8.60. The lowest BCUT2D eigenvalue weighted by Gasteiger charge is -2.19. The molecule has 0 spiro atoms. The SMILES string of the molecule is CCC(C)Nc1nc2cc(OCCCN3CCCC3)c(OC)cc2c2c1CCC2.O=CO. The van der Waals surface area contributed by atoms with E-state index in [1.807, 2.05) is 0 Å². The Balaban J connectivity index is 0.000000913. The maximum atomic E-state index is 8.36. The average molecular weight is 444 g/mol. The van der Waals surface area contributed by atoms with Gasteiger partial charge in [-0.05, 0) is 82.2 Å². The Morgan fingerprint density at radius 2 is 1.91 bits per heavy atom. The third kappa shape index (κ3) is 5.82. The Morgan fingerprint density at radius 1 is 1.19 bits per heavy atom. The van der Waals surface area contributed by atoms with Crippen molar-refractivity contribution in [3.8, 4) is 11.5 Å². The number of hydrogen-bond acceptors (Lipinski definition) is 6. The van der Waals surface area contributed by atoms with Crippen molar-refractivity contribution in [2.45, 2.75) is 64.8 Å². The number of nitrogens with zero attached hydrogens (tertiary/aromatic N) is 2. The number of ether oxygens (including phenoxy) is 2. The number of likely N-dealkylation sites (tertiary alicyclic amines) is 1. The zero-order valence-electron chi connectivity index (χ0n) is 19.7. The summed E-state index contributed by atoms with van der Waals surface area (Å²) in [5, 5.41) is 11.7. The van der Waals surface area contributed by atoms with Crippen molar-refractivity contribution in [3.05, 3.63) is 23.3 Å². The summed E-state index contributed by atoms with van der Waals surface area (Å²) in [7, 11) is 1.73. The zero-order valence-corrected chi connectivity index (χ0v) is 19.7. The second kappa shape index (κ2) is 11.9. The minimum atomic E-state index is -0.250. The van der Waals surface area contributed by atoms with E-state index in [0.29, 0.717) is 12.6 Å². The van der Waals surface area contributed by atoms with E-state index < -0.39 is 0 Å². The van der Waals surface area contributed by atoms with Crippen LogP contribution in [0, 0.1) is 0 Å². The Bertz CT molecular complexity index is 897. The lowest BCUT2D eigenvalue weighted by atomic mass is 10.0. The van der Waals surface area contributed by atoms with Gasteiger partial charge in [0.15, 0.2) is 11.5 Å². The minimum Gasteiger partial charge on any atom is -0.493 e. The smallest absolute Gasteiger partial charge is 0.290 e.